The Morgan fingerprint density at radius 3 is 2.35 bits per heavy atom. The van der Waals surface area contributed by atoms with Crippen molar-refractivity contribution in [3.63, 3.8) is 0 Å². The minimum atomic E-state index is 0.118. The van der Waals surface area contributed by atoms with Gasteiger partial charge in [-0.05, 0) is 47.5 Å². The molecule has 0 bridgehead atoms. The summed E-state index contributed by atoms with van der Waals surface area (Å²) >= 11 is 0. The van der Waals surface area contributed by atoms with E-state index in [0.29, 0.717) is 13.2 Å². The number of ether oxygens (including phenoxy) is 1. The summed E-state index contributed by atoms with van der Waals surface area (Å²) in [5, 5.41) is 3.64. The standard InChI is InChI=1S/C25H23N5O/c1-2-10-24-23(9-1)30(14-15-31-24)25-22(8-5-13-28-25)29-18-21(19-6-3-11-26-16-19)20-7-4-12-27-17-20/h1-13,16-17,21,29H,14-15,18H2. The highest BCUT2D eigenvalue weighted by molar-refractivity contribution is 5.76. The van der Waals surface area contributed by atoms with Gasteiger partial charge in [-0.25, -0.2) is 4.98 Å². The minimum absolute atomic E-state index is 0.118. The Bertz CT molecular complexity index is 1100. The maximum absolute atomic E-state index is 5.83. The van der Waals surface area contributed by atoms with Gasteiger partial charge >= 0.3 is 0 Å². The van der Waals surface area contributed by atoms with E-state index in [-0.39, 0.29) is 5.92 Å². The van der Waals surface area contributed by atoms with Crippen molar-refractivity contribution in [2.45, 2.75) is 5.92 Å². The summed E-state index contributed by atoms with van der Waals surface area (Å²) in [7, 11) is 0. The van der Waals surface area contributed by atoms with E-state index in [1.807, 2.05) is 55.0 Å². The lowest BCUT2D eigenvalue weighted by Crippen LogP contribution is -2.30. The molecule has 0 aliphatic carbocycles. The Morgan fingerprint density at radius 1 is 0.871 bits per heavy atom. The molecule has 31 heavy (non-hydrogen) atoms. The zero-order chi connectivity index (χ0) is 20.9. The number of nitrogens with zero attached hydrogens (tertiary/aromatic N) is 4. The Balaban J connectivity index is 1.45. The third-order valence-corrected chi connectivity index (χ3v) is 5.44. The summed E-state index contributed by atoms with van der Waals surface area (Å²) in [5.74, 6) is 1.90. The topological polar surface area (TPSA) is 63.2 Å². The molecule has 1 aliphatic rings. The summed E-state index contributed by atoms with van der Waals surface area (Å²) in [6.07, 6.45) is 9.26. The van der Waals surface area contributed by atoms with E-state index in [4.69, 9.17) is 9.72 Å². The first-order chi connectivity index (χ1) is 15.4. The van der Waals surface area contributed by atoms with E-state index in [9.17, 15) is 0 Å². The van der Waals surface area contributed by atoms with Gasteiger partial charge in [-0.1, -0.05) is 24.3 Å². The number of para-hydroxylation sites is 2. The maximum Gasteiger partial charge on any atom is 0.156 e. The van der Waals surface area contributed by atoms with Crippen LogP contribution in [0, 0.1) is 0 Å². The molecular formula is C25H23N5O. The fraction of sp³-hybridized carbons (Fsp3) is 0.160. The molecule has 4 aromatic rings. The molecule has 0 amide bonds. The van der Waals surface area contributed by atoms with Crippen molar-refractivity contribution in [1.29, 1.82) is 0 Å². The molecule has 1 aromatic carbocycles. The fourth-order valence-electron chi connectivity index (χ4n) is 3.94. The summed E-state index contributed by atoms with van der Waals surface area (Å²) in [4.78, 5) is 15.6. The molecule has 0 unspecified atom stereocenters. The molecule has 0 saturated heterocycles. The molecule has 6 heteroatoms. The molecule has 1 N–H and O–H groups in total. The molecule has 3 aromatic heterocycles. The SMILES string of the molecule is c1cncc(C(CNc2cccnc2N2CCOc3ccccc32)c2cccnc2)c1. The van der Waals surface area contributed by atoms with Crippen LogP contribution in [0.3, 0.4) is 0 Å². The van der Waals surface area contributed by atoms with Crippen LogP contribution in [0.5, 0.6) is 5.75 Å². The lowest BCUT2D eigenvalue weighted by Gasteiger charge is -2.32. The first kappa shape index (κ1) is 19.1. The number of pyridine rings is 3. The molecule has 0 spiro atoms. The molecule has 6 nitrogen and oxygen atoms in total. The quantitative estimate of drug-likeness (QED) is 0.500. The average Bonchev–Trinajstić information content (AvgIpc) is 2.85. The van der Waals surface area contributed by atoms with Crippen LogP contribution < -0.4 is 15.0 Å². The Morgan fingerprint density at radius 2 is 1.61 bits per heavy atom. The lowest BCUT2D eigenvalue weighted by molar-refractivity contribution is 0.313. The Hall–Kier alpha value is -3.93. The normalized spacial score (nSPS) is 12.9. The first-order valence-corrected chi connectivity index (χ1v) is 10.4. The van der Waals surface area contributed by atoms with Crippen molar-refractivity contribution >= 4 is 17.2 Å². The van der Waals surface area contributed by atoms with Crippen LogP contribution in [0.1, 0.15) is 17.0 Å². The predicted molar refractivity (Wildman–Crippen MR) is 122 cm³/mol. The van der Waals surface area contributed by atoms with Crippen molar-refractivity contribution in [1.82, 2.24) is 15.0 Å². The van der Waals surface area contributed by atoms with Crippen molar-refractivity contribution < 1.29 is 4.74 Å². The number of hydrogen-bond acceptors (Lipinski definition) is 6. The molecule has 5 rings (SSSR count). The van der Waals surface area contributed by atoms with E-state index < -0.39 is 0 Å². The van der Waals surface area contributed by atoms with Crippen LogP contribution in [-0.4, -0.2) is 34.6 Å². The first-order valence-electron chi connectivity index (χ1n) is 10.4. The maximum atomic E-state index is 5.83. The third-order valence-electron chi connectivity index (χ3n) is 5.44. The van der Waals surface area contributed by atoms with Crippen LogP contribution in [0.15, 0.2) is 91.6 Å². The summed E-state index contributed by atoms with van der Waals surface area (Å²) in [5.41, 5.74) is 4.30. The van der Waals surface area contributed by atoms with Crippen molar-refractivity contribution in [2.75, 3.05) is 29.9 Å². The second kappa shape index (κ2) is 8.83. The van der Waals surface area contributed by atoms with Crippen LogP contribution in [0.2, 0.25) is 0 Å². The zero-order valence-corrected chi connectivity index (χ0v) is 17.1. The number of hydrogen-bond donors (Lipinski definition) is 1. The van der Waals surface area contributed by atoms with Gasteiger partial charge in [0.2, 0.25) is 0 Å². The van der Waals surface area contributed by atoms with Gasteiger partial charge in [-0.15, -0.1) is 0 Å². The predicted octanol–water partition coefficient (Wildman–Crippen LogP) is 4.65. The average molecular weight is 409 g/mol. The van der Waals surface area contributed by atoms with Gasteiger partial charge in [-0.2, -0.15) is 0 Å². The molecule has 154 valence electrons. The van der Waals surface area contributed by atoms with Gasteiger partial charge in [0.05, 0.1) is 17.9 Å². The summed E-state index contributed by atoms with van der Waals surface area (Å²) in [6.45, 7) is 2.07. The number of rotatable bonds is 6. The second-order valence-corrected chi connectivity index (χ2v) is 7.35. The molecule has 1 aliphatic heterocycles. The van der Waals surface area contributed by atoms with E-state index >= 15 is 0 Å². The largest absolute Gasteiger partial charge is 0.490 e. The van der Waals surface area contributed by atoms with Gasteiger partial charge in [0, 0.05) is 43.4 Å². The zero-order valence-electron chi connectivity index (χ0n) is 17.1. The number of benzene rings is 1. The van der Waals surface area contributed by atoms with Gasteiger partial charge < -0.3 is 15.0 Å². The van der Waals surface area contributed by atoms with E-state index in [1.165, 1.54) is 0 Å². The van der Waals surface area contributed by atoms with Gasteiger partial charge in [0.1, 0.15) is 12.4 Å². The minimum Gasteiger partial charge on any atom is -0.490 e. The highest BCUT2D eigenvalue weighted by atomic mass is 16.5. The van der Waals surface area contributed by atoms with E-state index in [1.54, 1.807) is 12.4 Å². The number of aromatic nitrogens is 3. The molecule has 0 fully saturated rings. The van der Waals surface area contributed by atoms with Crippen molar-refractivity contribution in [2.24, 2.45) is 0 Å². The molecule has 0 saturated carbocycles. The smallest absolute Gasteiger partial charge is 0.156 e. The lowest BCUT2D eigenvalue weighted by atomic mass is 9.93. The number of fused-ring (bicyclic) bond motifs is 1. The highest BCUT2D eigenvalue weighted by Gasteiger charge is 2.23. The van der Waals surface area contributed by atoms with Gasteiger partial charge in [0.25, 0.3) is 0 Å². The van der Waals surface area contributed by atoms with E-state index in [2.05, 4.69) is 44.5 Å². The summed E-state index contributed by atoms with van der Waals surface area (Å²) < 4.78 is 5.83. The second-order valence-electron chi connectivity index (χ2n) is 7.35. The Labute approximate surface area is 181 Å². The Kier molecular flexibility index (Phi) is 5.43. The number of nitrogens with one attached hydrogen (secondary N) is 1. The van der Waals surface area contributed by atoms with Crippen LogP contribution in [0.25, 0.3) is 0 Å². The van der Waals surface area contributed by atoms with Crippen LogP contribution in [0.4, 0.5) is 17.2 Å². The van der Waals surface area contributed by atoms with Crippen LogP contribution in [-0.2, 0) is 0 Å². The van der Waals surface area contributed by atoms with Crippen molar-refractivity contribution in [3.05, 3.63) is 103 Å². The van der Waals surface area contributed by atoms with Gasteiger partial charge in [-0.3, -0.25) is 9.97 Å². The highest BCUT2D eigenvalue weighted by Crippen LogP contribution is 2.38. The van der Waals surface area contributed by atoms with Gasteiger partial charge in [0.15, 0.2) is 5.82 Å². The van der Waals surface area contributed by atoms with E-state index in [0.717, 1.165) is 40.6 Å². The van der Waals surface area contributed by atoms with Crippen LogP contribution >= 0.6 is 0 Å². The summed E-state index contributed by atoms with van der Waals surface area (Å²) in [6, 6.07) is 20.3. The molecular weight excluding hydrogens is 386 g/mol. The molecule has 0 radical (unpaired) electrons. The van der Waals surface area contributed by atoms with Crippen molar-refractivity contribution in [3.8, 4) is 5.75 Å². The third kappa shape index (κ3) is 4.05. The molecule has 4 heterocycles. The molecule has 0 atom stereocenters. The monoisotopic (exact) mass is 409 g/mol. The fourth-order valence-corrected chi connectivity index (χ4v) is 3.94. The number of anilines is 3.